The van der Waals surface area contributed by atoms with E-state index in [0.717, 1.165) is 12.8 Å². The number of methoxy groups -OCH3 is 1. The Balaban J connectivity index is 1.58. The fraction of sp³-hybridized carbons (Fsp3) is 0.714. The number of rotatable bonds is 2. The van der Waals surface area contributed by atoms with Crippen LogP contribution in [0.25, 0.3) is 0 Å². The number of hydrogen-bond acceptors (Lipinski definition) is 4. The maximum atomic E-state index is 11.7. The van der Waals surface area contributed by atoms with Gasteiger partial charge in [-0.2, -0.15) is 0 Å². The minimum Gasteiger partial charge on any atom is -0.392 e. The van der Waals surface area contributed by atoms with Crippen LogP contribution in [0.5, 0.6) is 0 Å². The molecule has 134 valence electrons. The van der Waals surface area contributed by atoms with Crippen molar-refractivity contribution in [1.82, 2.24) is 4.90 Å². The van der Waals surface area contributed by atoms with Gasteiger partial charge < -0.3 is 14.7 Å². The lowest BCUT2D eigenvalue weighted by Gasteiger charge is -2.63. The Kier molecular flexibility index (Phi) is 2.76. The summed E-state index contributed by atoms with van der Waals surface area (Å²) >= 11 is 0. The average molecular weight is 340 g/mol. The third-order valence-electron chi connectivity index (χ3n) is 8.63. The van der Waals surface area contributed by atoms with E-state index in [2.05, 4.69) is 48.0 Å². The summed E-state index contributed by atoms with van der Waals surface area (Å²) in [6.07, 6.45) is 3.47. The smallest absolute Gasteiger partial charge is 0.0759 e. The third kappa shape index (κ3) is 1.39. The topological polar surface area (TPSA) is 35.9 Å². The summed E-state index contributed by atoms with van der Waals surface area (Å²) in [4.78, 5) is 5.29. The quantitative estimate of drug-likeness (QED) is 0.893. The number of anilines is 1. The van der Waals surface area contributed by atoms with Crippen LogP contribution in [0.15, 0.2) is 24.3 Å². The number of benzene rings is 1. The van der Waals surface area contributed by atoms with Crippen LogP contribution in [0.2, 0.25) is 0 Å². The number of aliphatic hydroxyl groups is 1. The van der Waals surface area contributed by atoms with Crippen LogP contribution in [-0.2, 0) is 10.2 Å². The van der Waals surface area contributed by atoms with Gasteiger partial charge in [0.15, 0.2) is 0 Å². The summed E-state index contributed by atoms with van der Waals surface area (Å²) in [6, 6.07) is 10.8. The highest BCUT2D eigenvalue weighted by molar-refractivity contribution is 5.67. The molecule has 1 N–H and O–H groups in total. The molecule has 1 unspecified atom stereocenters. The minimum atomic E-state index is -0.246. The maximum absolute atomic E-state index is 11.7. The zero-order valence-corrected chi connectivity index (χ0v) is 15.3. The van der Waals surface area contributed by atoms with Crippen molar-refractivity contribution in [3.63, 3.8) is 0 Å². The summed E-state index contributed by atoms with van der Waals surface area (Å²) in [5.74, 6) is 0.879. The Labute approximate surface area is 149 Å². The van der Waals surface area contributed by atoms with E-state index in [1.165, 1.54) is 17.7 Å². The molecule has 7 rings (SSSR count). The summed E-state index contributed by atoms with van der Waals surface area (Å²) in [5.41, 5.74) is 2.67. The van der Waals surface area contributed by atoms with Crippen LogP contribution in [0.3, 0.4) is 0 Å². The lowest BCUT2D eigenvalue weighted by molar-refractivity contribution is -0.180. The van der Waals surface area contributed by atoms with E-state index in [4.69, 9.17) is 4.74 Å². The molecule has 1 aromatic carbocycles. The average Bonchev–Trinajstić information content (AvgIpc) is 3.03. The molecule has 1 saturated carbocycles. The lowest BCUT2D eigenvalue weighted by atomic mass is 9.63. The molecule has 5 fully saturated rings. The van der Waals surface area contributed by atoms with Crippen LogP contribution in [0.1, 0.15) is 31.7 Å². The summed E-state index contributed by atoms with van der Waals surface area (Å²) in [7, 11) is 4.12. The second kappa shape index (κ2) is 4.59. The molecule has 6 aliphatic rings. The van der Waals surface area contributed by atoms with Gasteiger partial charge in [0.25, 0.3) is 0 Å². The minimum absolute atomic E-state index is 0.0719. The molecule has 5 bridgehead atoms. The Morgan fingerprint density at radius 3 is 2.84 bits per heavy atom. The Morgan fingerprint density at radius 1 is 1.28 bits per heavy atom. The first-order chi connectivity index (χ1) is 12.1. The third-order valence-corrected chi connectivity index (χ3v) is 8.63. The first-order valence-corrected chi connectivity index (χ1v) is 9.95. The molecule has 1 aliphatic carbocycles. The maximum Gasteiger partial charge on any atom is 0.0759 e. The van der Waals surface area contributed by atoms with Crippen molar-refractivity contribution in [3.8, 4) is 0 Å². The lowest BCUT2D eigenvalue weighted by Crippen LogP contribution is -2.74. The highest BCUT2D eigenvalue weighted by atomic mass is 16.5. The number of hydrogen-bond donors (Lipinski definition) is 1. The summed E-state index contributed by atoms with van der Waals surface area (Å²) in [6.45, 7) is 2.30. The summed E-state index contributed by atoms with van der Waals surface area (Å²) in [5, 5.41) is 11.7. The first kappa shape index (κ1) is 15.0. The molecule has 1 spiro atoms. The van der Waals surface area contributed by atoms with Crippen molar-refractivity contribution >= 4 is 5.69 Å². The van der Waals surface area contributed by atoms with Crippen molar-refractivity contribution in [2.45, 2.75) is 68.0 Å². The molecule has 0 radical (unpaired) electrons. The largest absolute Gasteiger partial charge is 0.392 e. The van der Waals surface area contributed by atoms with Crippen molar-refractivity contribution in [2.75, 3.05) is 19.1 Å². The SMILES string of the molecule is CC[C@H]1[C@@H](OC)[C@@H]2C[C@H]3[C@@H]4N(C)c5ccccc5[C@]45C[C@@H]([C@H]2[C@@H]5O)N13. The van der Waals surface area contributed by atoms with Crippen molar-refractivity contribution < 1.29 is 9.84 Å². The van der Waals surface area contributed by atoms with Crippen LogP contribution in [0, 0.1) is 11.8 Å². The number of ether oxygens (including phenoxy) is 1. The van der Waals surface area contributed by atoms with Gasteiger partial charge in [-0.3, -0.25) is 4.90 Å². The van der Waals surface area contributed by atoms with Crippen molar-refractivity contribution in [1.29, 1.82) is 0 Å². The Hall–Kier alpha value is -1.10. The molecule has 1 aromatic rings. The zero-order chi connectivity index (χ0) is 17.1. The van der Waals surface area contributed by atoms with Crippen LogP contribution >= 0.6 is 0 Å². The number of piperidine rings is 4. The molecule has 25 heavy (non-hydrogen) atoms. The van der Waals surface area contributed by atoms with Gasteiger partial charge in [-0.25, -0.2) is 0 Å². The molecule has 5 heterocycles. The van der Waals surface area contributed by atoms with Gasteiger partial charge in [-0.05, 0) is 36.8 Å². The molecule has 0 amide bonds. The Morgan fingerprint density at radius 2 is 2.08 bits per heavy atom. The molecular weight excluding hydrogens is 312 g/mol. The molecule has 4 heteroatoms. The molecule has 10 atom stereocenters. The fourth-order valence-corrected chi connectivity index (χ4v) is 8.15. The normalized spacial score (nSPS) is 54.1. The molecule has 0 aromatic heterocycles. The molecular formula is C21H28N2O2. The molecule has 4 nitrogen and oxygen atoms in total. The van der Waals surface area contributed by atoms with Gasteiger partial charge in [-0.15, -0.1) is 0 Å². The van der Waals surface area contributed by atoms with E-state index in [0.29, 0.717) is 36.0 Å². The monoisotopic (exact) mass is 340 g/mol. The van der Waals surface area contributed by atoms with Crippen molar-refractivity contribution in [2.24, 2.45) is 11.8 Å². The fourth-order valence-electron chi connectivity index (χ4n) is 8.15. The Bertz CT molecular complexity index is 738. The van der Waals surface area contributed by atoms with Gasteiger partial charge in [0.2, 0.25) is 0 Å². The van der Waals surface area contributed by atoms with Crippen LogP contribution in [0.4, 0.5) is 5.69 Å². The number of nitrogens with zero attached hydrogens (tertiary/aromatic N) is 2. The van der Waals surface area contributed by atoms with Gasteiger partial charge in [0.05, 0.1) is 18.2 Å². The van der Waals surface area contributed by atoms with Gasteiger partial charge in [0, 0.05) is 49.3 Å². The van der Waals surface area contributed by atoms with E-state index >= 15 is 0 Å². The predicted molar refractivity (Wildman–Crippen MR) is 96.8 cm³/mol. The van der Waals surface area contributed by atoms with E-state index in [1.54, 1.807) is 0 Å². The second-order valence-corrected chi connectivity index (χ2v) is 9.00. The second-order valence-electron chi connectivity index (χ2n) is 9.00. The van der Waals surface area contributed by atoms with E-state index in [-0.39, 0.29) is 17.6 Å². The standard InChI is InChI=1S/C21H28N2O2/c1-4-13-18(25-3)11-9-15-19-21(10-16(23(13)15)17(11)20(21)24)12-7-5-6-8-14(12)22(19)2/h5-8,11,13,15-20,24H,4,9-10H2,1-3H3/t11-,13+,15+,16+,17+,18+,19+,20+,21-/m1/s1. The highest BCUT2D eigenvalue weighted by Crippen LogP contribution is 2.68. The highest BCUT2D eigenvalue weighted by Gasteiger charge is 2.76. The van der Waals surface area contributed by atoms with Crippen LogP contribution in [-0.4, -0.2) is 60.5 Å². The number of para-hydroxylation sites is 1. The number of likely N-dealkylation sites (N-methyl/N-ethyl adjacent to an activating group) is 1. The van der Waals surface area contributed by atoms with E-state index < -0.39 is 0 Å². The van der Waals surface area contributed by atoms with E-state index in [1.807, 2.05) is 7.11 Å². The van der Waals surface area contributed by atoms with E-state index in [9.17, 15) is 5.11 Å². The summed E-state index contributed by atoms with van der Waals surface area (Å²) < 4.78 is 6.00. The van der Waals surface area contributed by atoms with Gasteiger partial charge in [0.1, 0.15) is 0 Å². The van der Waals surface area contributed by atoms with Gasteiger partial charge in [-0.1, -0.05) is 25.1 Å². The zero-order valence-electron chi connectivity index (χ0n) is 15.3. The first-order valence-electron chi connectivity index (χ1n) is 9.95. The predicted octanol–water partition coefficient (Wildman–Crippen LogP) is 2.00. The number of fused-ring (bicyclic) bond motifs is 2. The van der Waals surface area contributed by atoms with Gasteiger partial charge >= 0.3 is 0 Å². The number of aliphatic hydroxyl groups excluding tert-OH is 1. The van der Waals surface area contributed by atoms with Crippen LogP contribution < -0.4 is 4.90 Å². The van der Waals surface area contributed by atoms with Crippen molar-refractivity contribution in [3.05, 3.63) is 29.8 Å². The molecule has 5 aliphatic heterocycles. The molecule has 4 saturated heterocycles.